The fraction of sp³-hybridized carbons (Fsp3) is 0.474. The standard InChI is InChI=1S/C19H25N5O4/c1-3-28-18(27)13-4-6-14(7-5-13)20-17(26)15-12-16(25)22-19(21-15)24-10-8-23(2)9-11-24/h4-7,15H,3,8-12H2,1-2H3,(H,20,26)(H,21,22,25)/p+1/t15-/m1/s1. The van der Waals surface area contributed by atoms with Crippen LogP contribution in [0.4, 0.5) is 5.69 Å². The van der Waals surface area contributed by atoms with Crippen molar-refractivity contribution in [3.63, 3.8) is 0 Å². The smallest absolute Gasteiger partial charge is 0.338 e. The monoisotopic (exact) mass is 388 g/mol. The number of piperazine rings is 1. The van der Waals surface area contributed by atoms with Gasteiger partial charge in [-0.05, 0) is 31.2 Å². The van der Waals surface area contributed by atoms with Gasteiger partial charge in [0.1, 0.15) is 6.04 Å². The van der Waals surface area contributed by atoms with E-state index in [9.17, 15) is 14.4 Å². The zero-order valence-corrected chi connectivity index (χ0v) is 16.2. The Hall–Kier alpha value is -2.94. The second-order valence-electron chi connectivity index (χ2n) is 6.95. The van der Waals surface area contributed by atoms with Gasteiger partial charge in [-0.1, -0.05) is 0 Å². The van der Waals surface area contributed by atoms with Crippen LogP contribution in [0.15, 0.2) is 29.3 Å². The normalized spacial score (nSPS) is 20.2. The maximum Gasteiger partial charge on any atom is 0.338 e. The lowest BCUT2D eigenvalue weighted by atomic mass is 10.1. The maximum absolute atomic E-state index is 12.6. The van der Waals surface area contributed by atoms with E-state index in [4.69, 9.17) is 4.74 Å². The van der Waals surface area contributed by atoms with Gasteiger partial charge in [0.25, 0.3) is 0 Å². The molecule has 1 fully saturated rings. The third-order valence-corrected chi connectivity index (χ3v) is 4.79. The summed E-state index contributed by atoms with van der Waals surface area (Å²) >= 11 is 0. The molecule has 1 aromatic carbocycles. The van der Waals surface area contributed by atoms with Crippen LogP contribution in [-0.2, 0) is 14.3 Å². The van der Waals surface area contributed by atoms with E-state index in [1.807, 2.05) is 4.90 Å². The minimum atomic E-state index is -0.777. The Labute approximate surface area is 163 Å². The summed E-state index contributed by atoms with van der Waals surface area (Å²) in [6.45, 7) is 5.53. The molecule has 9 heteroatoms. The Balaban J connectivity index is 1.65. The van der Waals surface area contributed by atoms with Gasteiger partial charge in [-0.3, -0.25) is 14.9 Å². The van der Waals surface area contributed by atoms with Crippen LogP contribution in [-0.4, -0.2) is 74.5 Å². The third-order valence-electron chi connectivity index (χ3n) is 4.79. The van der Waals surface area contributed by atoms with E-state index in [2.05, 4.69) is 22.7 Å². The maximum atomic E-state index is 12.6. The molecule has 150 valence electrons. The van der Waals surface area contributed by atoms with E-state index in [-0.39, 0.29) is 18.2 Å². The van der Waals surface area contributed by atoms with Crippen LogP contribution in [0, 0.1) is 0 Å². The number of carbonyl (C=O) groups excluding carboxylic acids is 3. The number of esters is 1. The number of guanidine groups is 1. The number of likely N-dealkylation sites (N-methyl/N-ethyl adjacent to an activating group) is 1. The van der Waals surface area contributed by atoms with Gasteiger partial charge >= 0.3 is 5.97 Å². The second-order valence-corrected chi connectivity index (χ2v) is 6.95. The number of anilines is 1. The van der Waals surface area contributed by atoms with Crippen LogP contribution in [0.25, 0.3) is 0 Å². The van der Waals surface area contributed by atoms with Crippen LogP contribution in [0.5, 0.6) is 0 Å². The average molecular weight is 388 g/mol. The Bertz CT molecular complexity index is 769. The number of nitrogens with one attached hydrogen (secondary N) is 3. The van der Waals surface area contributed by atoms with Gasteiger partial charge in [0.15, 0.2) is 0 Å². The molecule has 2 amide bonds. The highest BCUT2D eigenvalue weighted by molar-refractivity contribution is 6.06. The van der Waals surface area contributed by atoms with Gasteiger partial charge < -0.3 is 19.9 Å². The van der Waals surface area contributed by atoms with Crippen LogP contribution in [0.3, 0.4) is 0 Å². The van der Waals surface area contributed by atoms with Crippen molar-refractivity contribution in [2.75, 3.05) is 45.2 Å². The lowest BCUT2D eigenvalue weighted by Crippen LogP contribution is -3.12. The third kappa shape index (κ3) is 4.86. The van der Waals surface area contributed by atoms with Crippen LogP contribution >= 0.6 is 0 Å². The van der Waals surface area contributed by atoms with Crippen molar-refractivity contribution < 1.29 is 24.0 Å². The van der Waals surface area contributed by atoms with Gasteiger partial charge in [0.05, 0.1) is 51.8 Å². The molecule has 2 aliphatic rings. The molecule has 2 heterocycles. The summed E-state index contributed by atoms with van der Waals surface area (Å²) in [4.78, 5) is 44.3. The Morgan fingerprint density at radius 1 is 1.29 bits per heavy atom. The predicted molar refractivity (Wildman–Crippen MR) is 103 cm³/mol. The average Bonchev–Trinajstić information content (AvgIpc) is 2.69. The van der Waals surface area contributed by atoms with Crippen molar-refractivity contribution in [3.8, 4) is 0 Å². The first-order valence-corrected chi connectivity index (χ1v) is 9.48. The molecule has 0 aromatic heterocycles. The molecule has 3 rings (SSSR count). The van der Waals surface area contributed by atoms with E-state index >= 15 is 0 Å². The zero-order valence-electron chi connectivity index (χ0n) is 16.2. The number of quaternary nitrogens is 1. The summed E-state index contributed by atoms with van der Waals surface area (Å²) in [6.07, 6.45) is 0.00916. The number of hydrogen-bond acceptors (Lipinski definition) is 6. The number of benzene rings is 1. The molecule has 0 spiro atoms. The van der Waals surface area contributed by atoms with Crippen LogP contribution in [0.1, 0.15) is 23.7 Å². The highest BCUT2D eigenvalue weighted by Crippen LogP contribution is 2.14. The number of ether oxygens (including phenoxy) is 1. The summed E-state index contributed by atoms with van der Waals surface area (Å²) in [5, 5.41) is 5.54. The fourth-order valence-electron chi connectivity index (χ4n) is 3.12. The molecule has 0 unspecified atom stereocenters. The molecule has 1 aromatic rings. The fourth-order valence-corrected chi connectivity index (χ4v) is 3.12. The van der Waals surface area contributed by atoms with Gasteiger partial charge in [0, 0.05) is 5.69 Å². The minimum Gasteiger partial charge on any atom is -0.462 e. The van der Waals surface area contributed by atoms with Crippen molar-refractivity contribution in [3.05, 3.63) is 29.8 Å². The Morgan fingerprint density at radius 3 is 2.61 bits per heavy atom. The number of carbonyl (C=O) groups is 3. The van der Waals surface area contributed by atoms with E-state index in [0.29, 0.717) is 23.8 Å². The molecule has 1 saturated heterocycles. The summed E-state index contributed by atoms with van der Waals surface area (Å²) in [5.74, 6) is -0.501. The molecule has 0 bridgehead atoms. The second kappa shape index (κ2) is 8.83. The van der Waals surface area contributed by atoms with E-state index in [1.165, 1.54) is 4.90 Å². The number of hydrogen-bond donors (Lipinski definition) is 3. The molecule has 0 aliphatic carbocycles. The lowest BCUT2D eigenvalue weighted by molar-refractivity contribution is -0.883. The van der Waals surface area contributed by atoms with Crippen molar-refractivity contribution in [2.24, 2.45) is 4.99 Å². The van der Waals surface area contributed by atoms with Crippen molar-refractivity contribution in [1.29, 1.82) is 0 Å². The van der Waals surface area contributed by atoms with E-state index in [1.54, 1.807) is 31.2 Å². The number of aliphatic imine (C=N–C) groups is 1. The molecular formula is C19H26N5O4+. The first kappa shape index (κ1) is 19.8. The van der Waals surface area contributed by atoms with Crippen molar-refractivity contribution in [2.45, 2.75) is 19.4 Å². The molecule has 1 atom stereocenters. The van der Waals surface area contributed by atoms with E-state index in [0.717, 1.165) is 26.2 Å². The number of rotatable bonds is 4. The zero-order chi connectivity index (χ0) is 20.1. The topological polar surface area (TPSA) is 105 Å². The first-order chi connectivity index (χ1) is 13.5. The lowest BCUT2D eigenvalue weighted by Gasteiger charge is -2.34. The highest BCUT2D eigenvalue weighted by atomic mass is 16.5. The van der Waals surface area contributed by atoms with Gasteiger partial charge in [-0.2, -0.15) is 0 Å². The largest absolute Gasteiger partial charge is 0.462 e. The Morgan fingerprint density at radius 2 is 1.96 bits per heavy atom. The SMILES string of the molecule is CCOC(=O)c1ccc(NC(=O)[C@H]2CC(=O)NC(N3CC[NH+](C)CC3)=N2)cc1. The highest BCUT2D eigenvalue weighted by Gasteiger charge is 2.30. The summed E-state index contributed by atoms with van der Waals surface area (Å²) in [5.41, 5.74) is 0.943. The summed E-state index contributed by atoms with van der Waals surface area (Å²) < 4.78 is 4.94. The van der Waals surface area contributed by atoms with Crippen molar-refractivity contribution in [1.82, 2.24) is 10.2 Å². The quantitative estimate of drug-likeness (QED) is 0.567. The van der Waals surface area contributed by atoms with Gasteiger partial charge in [-0.25, -0.2) is 9.79 Å². The molecule has 2 aliphatic heterocycles. The molecule has 0 radical (unpaired) electrons. The minimum absolute atomic E-state index is 0.00916. The van der Waals surface area contributed by atoms with Crippen LogP contribution < -0.4 is 15.5 Å². The summed E-state index contributed by atoms with van der Waals surface area (Å²) in [7, 11) is 2.13. The molecule has 9 nitrogen and oxygen atoms in total. The van der Waals surface area contributed by atoms with Crippen molar-refractivity contribution >= 4 is 29.4 Å². The van der Waals surface area contributed by atoms with Crippen LogP contribution in [0.2, 0.25) is 0 Å². The number of nitrogens with zero attached hydrogens (tertiary/aromatic N) is 2. The molecule has 28 heavy (non-hydrogen) atoms. The summed E-state index contributed by atoms with van der Waals surface area (Å²) in [6, 6.07) is 5.65. The Kier molecular flexibility index (Phi) is 6.25. The first-order valence-electron chi connectivity index (χ1n) is 9.48. The molecule has 0 saturated carbocycles. The van der Waals surface area contributed by atoms with Gasteiger partial charge in [0.2, 0.25) is 17.8 Å². The van der Waals surface area contributed by atoms with Gasteiger partial charge in [-0.15, -0.1) is 0 Å². The van der Waals surface area contributed by atoms with E-state index < -0.39 is 12.0 Å². The predicted octanol–water partition coefficient (Wildman–Crippen LogP) is -1.12. The molecular weight excluding hydrogens is 362 g/mol. The number of amides is 2. The molecule has 3 N–H and O–H groups in total.